The molecule has 0 aliphatic carbocycles. The summed E-state index contributed by atoms with van der Waals surface area (Å²) in [6.07, 6.45) is 4.44. The van der Waals surface area contributed by atoms with Gasteiger partial charge in [-0.2, -0.15) is 30.8 Å². The highest BCUT2D eigenvalue weighted by Gasteiger charge is 2.36. The van der Waals surface area contributed by atoms with Crippen molar-refractivity contribution >= 4 is 35.3 Å². The summed E-state index contributed by atoms with van der Waals surface area (Å²) in [5.74, 6) is 0.621. The fourth-order valence-corrected chi connectivity index (χ4v) is 4.64. The molecule has 1 N–H and O–H groups in total. The van der Waals surface area contributed by atoms with Gasteiger partial charge in [-0.15, -0.1) is 0 Å². The lowest BCUT2D eigenvalue weighted by molar-refractivity contribution is -0.138. The molecule has 10 heteroatoms. The van der Waals surface area contributed by atoms with Crippen LogP contribution in [0.3, 0.4) is 0 Å². The Labute approximate surface area is 308 Å². The Kier molecular flexibility index (Phi) is 17.2. The Morgan fingerprint density at radius 1 is 0.824 bits per heavy atom. The number of aromatic nitrogens is 5. The number of imidazole rings is 1. The zero-order valence-corrected chi connectivity index (χ0v) is 32.6. The molecular formula is C41H55F3N6S. The third-order valence-corrected chi connectivity index (χ3v) is 7.20. The predicted octanol–water partition coefficient (Wildman–Crippen LogP) is 11.6. The van der Waals surface area contributed by atoms with E-state index in [1.54, 1.807) is 6.20 Å². The molecule has 4 heterocycles. The zero-order chi connectivity index (χ0) is 38.2. The van der Waals surface area contributed by atoms with Crippen LogP contribution in [0.2, 0.25) is 0 Å². The quantitative estimate of drug-likeness (QED) is 0.168. The van der Waals surface area contributed by atoms with E-state index in [1.165, 1.54) is 11.1 Å². The molecule has 0 saturated carbocycles. The van der Waals surface area contributed by atoms with Crippen molar-refractivity contribution in [3.05, 3.63) is 114 Å². The van der Waals surface area contributed by atoms with Crippen molar-refractivity contribution < 1.29 is 13.2 Å². The second-order valence-corrected chi connectivity index (χ2v) is 13.9. The van der Waals surface area contributed by atoms with Crippen LogP contribution in [0.15, 0.2) is 97.6 Å². The molecule has 1 atom stereocenters. The van der Waals surface area contributed by atoms with Crippen molar-refractivity contribution in [3.8, 4) is 11.1 Å². The highest BCUT2D eigenvalue weighted by Crippen LogP contribution is 2.33. The van der Waals surface area contributed by atoms with Crippen molar-refractivity contribution in [1.82, 2.24) is 23.9 Å². The zero-order valence-electron chi connectivity index (χ0n) is 31.8. The second-order valence-electron chi connectivity index (χ2n) is 13.5. The Morgan fingerprint density at radius 2 is 1.37 bits per heavy atom. The van der Waals surface area contributed by atoms with E-state index in [4.69, 9.17) is 0 Å². The number of pyridine rings is 1. The van der Waals surface area contributed by atoms with Gasteiger partial charge in [0.15, 0.2) is 0 Å². The van der Waals surface area contributed by atoms with Crippen LogP contribution in [0.5, 0.6) is 0 Å². The maximum atomic E-state index is 13.0. The topological polar surface area (TPSA) is 60.0 Å². The van der Waals surface area contributed by atoms with Crippen LogP contribution in [-0.4, -0.2) is 41.9 Å². The van der Waals surface area contributed by atoms with Gasteiger partial charge in [0.2, 0.25) is 5.95 Å². The van der Waals surface area contributed by atoms with Crippen LogP contribution in [0.1, 0.15) is 71.7 Å². The summed E-state index contributed by atoms with van der Waals surface area (Å²) in [5, 5.41) is 3.23. The Bertz CT molecular complexity index is 1820. The SMILES string of the molecule is CC.CC(C)(C)C.C[C@@H](Nc1nc(CCCS)c2c(-c3ccc4nccn4c3)cn(C)c2n1)C(F)(F)F.Cc1ccccc1.Cc1ccccc1. The molecule has 0 radical (unpaired) electrons. The number of thiol groups is 1. The van der Waals surface area contributed by atoms with Gasteiger partial charge < -0.3 is 14.3 Å². The molecule has 0 bridgehead atoms. The minimum absolute atomic E-state index is 0.0284. The maximum Gasteiger partial charge on any atom is 0.408 e. The number of rotatable bonds is 6. The molecule has 6 aromatic rings. The van der Waals surface area contributed by atoms with Crippen LogP contribution < -0.4 is 5.32 Å². The predicted molar refractivity (Wildman–Crippen MR) is 213 cm³/mol. The molecule has 0 saturated heterocycles. The van der Waals surface area contributed by atoms with Crippen molar-refractivity contribution in [2.24, 2.45) is 12.5 Å². The molecule has 0 spiro atoms. The Morgan fingerprint density at radius 3 is 1.84 bits per heavy atom. The number of nitrogens with zero attached hydrogens (tertiary/aromatic N) is 5. The standard InChI is InChI=1S/C20H21F3N6S.2C7H8.C5H12.C2H6/c1-12(20(21,22)23)25-19-26-15(4-3-9-30)17-14(11-28(2)18(17)27-19)13-5-6-16-24-7-8-29(16)10-13;2*1-7-5-3-2-4-6-7;1-5(2,3)4;1-2/h5-8,10-12,30H,3-4,9H2,1-2H3,(H,25,26,27);2*2-6H,1H3;1-4H3;1-2H3/t12-;;;;/m1..../s1. The van der Waals surface area contributed by atoms with Crippen LogP contribution >= 0.6 is 12.6 Å². The van der Waals surface area contributed by atoms with E-state index in [1.807, 2.05) is 97.0 Å². The number of benzene rings is 2. The van der Waals surface area contributed by atoms with Gasteiger partial charge in [-0.1, -0.05) is 113 Å². The smallest absolute Gasteiger partial charge is 0.343 e. The Hall–Kier alpha value is -4.31. The first kappa shape index (κ1) is 42.9. The van der Waals surface area contributed by atoms with Gasteiger partial charge in [0, 0.05) is 48.3 Å². The average Bonchev–Trinajstić information content (AvgIpc) is 3.68. The number of anilines is 1. The molecule has 6 nitrogen and oxygen atoms in total. The van der Waals surface area contributed by atoms with E-state index < -0.39 is 12.2 Å². The van der Waals surface area contributed by atoms with E-state index in [0.29, 0.717) is 28.9 Å². The van der Waals surface area contributed by atoms with Crippen LogP contribution in [-0.2, 0) is 13.5 Å². The van der Waals surface area contributed by atoms with Gasteiger partial charge in [0.05, 0.1) is 5.69 Å². The van der Waals surface area contributed by atoms with Gasteiger partial charge in [0.1, 0.15) is 17.3 Å². The first-order valence-electron chi connectivity index (χ1n) is 17.3. The minimum Gasteiger partial charge on any atom is -0.343 e. The fraction of sp³-hybridized carbons (Fsp3) is 0.390. The summed E-state index contributed by atoms with van der Waals surface area (Å²) >= 11 is 4.28. The summed E-state index contributed by atoms with van der Waals surface area (Å²) in [4.78, 5) is 13.1. The number of alkyl halides is 3. The normalized spacial score (nSPS) is 11.5. The van der Waals surface area contributed by atoms with E-state index >= 15 is 0 Å². The molecule has 0 aliphatic rings. The summed E-state index contributed by atoms with van der Waals surface area (Å²) < 4.78 is 42.8. The van der Waals surface area contributed by atoms with Gasteiger partial charge in [-0.3, -0.25) is 0 Å². The number of nitrogens with one attached hydrogen (secondary N) is 1. The highest BCUT2D eigenvalue weighted by atomic mass is 32.1. The molecule has 0 aliphatic heterocycles. The molecule has 0 unspecified atom stereocenters. The molecule has 51 heavy (non-hydrogen) atoms. The van der Waals surface area contributed by atoms with Crippen molar-refractivity contribution in [2.45, 2.75) is 87.4 Å². The molecule has 0 amide bonds. The number of halogens is 3. The third kappa shape index (κ3) is 14.8. The highest BCUT2D eigenvalue weighted by molar-refractivity contribution is 7.80. The summed E-state index contributed by atoms with van der Waals surface area (Å²) in [7, 11) is 1.83. The van der Waals surface area contributed by atoms with Crippen molar-refractivity contribution in [1.29, 1.82) is 0 Å². The minimum atomic E-state index is -4.39. The maximum absolute atomic E-state index is 13.0. The molecule has 6 rings (SSSR count). The largest absolute Gasteiger partial charge is 0.408 e. The van der Waals surface area contributed by atoms with E-state index in [9.17, 15) is 13.2 Å². The molecule has 2 aromatic carbocycles. The fourth-order valence-electron chi connectivity index (χ4n) is 4.48. The second kappa shape index (κ2) is 20.5. The lowest BCUT2D eigenvalue weighted by Crippen LogP contribution is -2.33. The molecule has 276 valence electrons. The lowest BCUT2D eigenvalue weighted by Gasteiger charge is -2.18. The summed E-state index contributed by atoms with van der Waals surface area (Å²) in [6.45, 7) is 18.0. The first-order chi connectivity index (χ1) is 24.1. The molecular weight excluding hydrogens is 666 g/mol. The number of hydrogen-bond donors (Lipinski definition) is 2. The summed E-state index contributed by atoms with van der Waals surface area (Å²) in [6, 6.07) is 22.7. The average molecular weight is 721 g/mol. The number of hydrogen-bond acceptors (Lipinski definition) is 5. The third-order valence-electron chi connectivity index (χ3n) is 6.88. The van der Waals surface area contributed by atoms with Gasteiger partial charge in [0.25, 0.3) is 0 Å². The van der Waals surface area contributed by atoms with Crippen LogP contribution in [0.4, 0.5) is 19.1 Å². The Balaban J connectivity index is 0.000000346. The lowest BCUT2D eigenvalue weighted by atomic mass is 10.0. The van der Waals surface area contributed by atoms with Gasteiger partial charge >= 0.3 is 6.18 Å². The monoisotopic (exact) mass is 720 g/mol. The number of fused-ring (bicyclic) bond motifs is 2. The van der Waals surface area contributed by atoms with E-state index in [-0.39, 0.29) is 5.95 Å². The molecule has 4 aromatic heterocycles. The van der Waals surface area contributed by atoms with Crippen molar-refractivity contribution in [3.63, 3.8) is 0 Å². The van der Waals surface area contributed by atoms with Gasteiger partial charge in [-0.25, -0.2) is 9.97 Å². The van der Waals surface area contributed by atoms with Gasteiger partial charge in [-0.05, 0) is 56.9 Å². The van der Waals surface area contributed by atoms with Crippen molar-refractivity contribution in [2.75, 3.05) is 11.1 Å². The molecule has 0 fully saturated rings. The van der Waals surface area contributed by atoms with E-state index in [0.717, 1.165) is 35.5 Å². The summed E-state index contributed by atoms with van der Waals surface area (Å²) in [5.41, 5.74) is 7.13. The van der Waals surface area contributed by atoms with Crippen LogP contribution in [0, 0.1) is 19.3 Å². The van der Waals surface area contributed by atoms with E-state index in [2.05, 4.69) is 98.7 Å². The first-order valence-corrected chi connectivity index (χ1v) is 18.0. The van der Waals surface area contributed by atoms with Crippen LogP contribution in [0.25, 0.3) is 27.8 Å². The number of aryl methyl sites for hydroxylation is 4.